The number of hydrogen-bond donors (Lipinski definition) is 0. The molecular formula is C34H27BrN2O6. The van der Waals surface area contributed by atoms with Crippen molar-refractivity contribution in [2.45, 2.75) is 19.8 Å². The van der Waals surface area contributed by atoms with Gasteiger partial charge in [-0.3, -0.25) is 19.3 Å². The van der Waals surface area contributed by atoms with E-state index in [1.54, 1.807) is 67.8 Å². The van der Waals surface area contributed by atoms with E-state index in [1.165, 1.54) is 4.90 Å². The number of amides is 2. The Labute approximate surface area is 256 Å². The third-order valence-corrected chi connectivity index (χ3v) is 8.42. The minimum atomic E-state index is -0.658. The number of Topliss-reactive ketones (excluding diaryl/α,β-unsaturated/α-hetero) is 1. The molecule has 1 fully saturated rings. The molecule has 0 spiro atoms. The summed E-state index contributed by atoms with van der Waals surface area (Å²) in [5, 5.41) is 0.582. The van der Waals surface area contributed by atoms with Crippen LogP contribution in [0.2, 0.25) is 0 Å². The summed E-state index contributed by atoms with van der Waals surface area (Å²) in [6, 6.07) is 18.9. The summed E-state index contributed by atoms with van der Waals surface area (Å²) >= 11 is 3.50. The van der Waals surface area contributed by atoms with Crippen molar-refractivity contribution < 1.29 is 28.7 Å². The van der Waals surface area contributed by atoms with Crippen molar-refractivity contribution in [3.8, 4) is 17.0 Å². The van der Waals surface area contributed by atoms with Gasteiger partial charge in [0.1, 0.15) is 5.75 Å². The van der Waals surface area contributed by atoms with Gasteiger partial charge in [0.25, 0.3) is 0 Å². The minimum Gasteiger partial charge on any atom is -0.497 e. The molecule has 0 radical (unpaired) electrons. The second-order valence-corrected chi connectivity index (χ2v) is 11.5. The molecule has 1 aliphatic heterocycles. The first-order chi connectivity index (χ1) is 20.7. The lowest BCUT2D eigenvalue weighted by Crippen LogP contribution is -2.30. The van der Waals surface area contributed by atoms with Crippen LogP contribution in [0.15, 0.2) is 83.4 Å². The normalized spacial score (nSPS) is 17.7. The highest BCUT2D eigenvalue weighted by atomic mass is 79.9. The fraction of sp³-hybridized carbons (Fsp3) is 0.206. The zero-order chi connectivity index (χ0) is 30.2. The average molecular weight is 640 g/mol. The Hall–Kier alpha value is -4.63. The van der Waals surface area contributed by atoms with E-state index in [4.69, 9.17) is 14.5 Å². The molecule has 2 unspecified atom stereocenters. The summed E-state index contributed by atoms with van der Waals surface area (Å²) in [6.45, 7) is 1.47. The zero-order valence-electron chi connectivity index (χ0n) is 23.5. The maximum Gasteiger partial charge on any atom is 0.339 e. The molecule has 8 nitrogen and oxygen atoms in total. The van der Waals surface area contributed by atoms with Crippen LogP contribution in [0, 0.1) is 18.8 Å². The third kappa shape index (κ3) is 5.36. The number of aryl methyl sites for hydroxylation is 1. The molecule has 9 heteroatoms. The number of imide groups is 1. The van der Waals surface area contributed by atoms with Crippen LogP contribution in [-0.2, 0) is 14.3 Å². The Morgan fingerprint density at radius 3 is 2.21 bits per heavy atom. The summed E-state index contributed by atoms with van der Waals surface area (Å²) < 4.78 is 11.4. The lowest BCUT2D eigenvalue weighted by molar-refractivity contribution is -0.122. The molecule has 6 rings (SSSR count). The highest BCUT2D eigenvalue weighted by molar-refractivity contribution is 9.10. The second-order valence-electron chi connectivity index (χ2n) is 10.6. The SMILES string of the molecule is COc1ccc(C(=O)COC(=O)c2cc(-c3ccc(N4C(=O)C5CC=CCC5C4=O)cc3)nc3c(C)cc(Br)cc23)cc1. The van der Waals surface area contributed by atoms with Gasteiger partial charge in [0.2, 0.25) is 11.8 Å². The Morgan fingerprint density at radius 1 is 0.930 bits per heavy atom. The molecule has 2 amide bonds. The van der Waals surface area contributed by atoms with E-state index in [0.717, 1.165) is 10.0 Å². The molecule has 2 atom stereocenters. The molecule has 43 heavy (non-hydrogen) atoms. The Bertz CT molecular complexity index is 1790. The van der Waals surface area contributed by atoms with E-state index in [-0.39, 0.29) is 35.0 Å². The largest absolute Gasteiger partial charge is 0.497 e. The van der Waals surface area contributed by atoms with E-state index < -0.39 is 12.6 Å². The van der Waals surface area contributed by atoms with Crippen LogP contribution < -0.4 is 9.64 Å². The van der Waals surface area contributed by atoms with Crippen LogP contribution in [0.3, 0.4) is 0 Å². The molecular weight excluding hydrogens is 612 g/mol. The molecule has 1 saturated heterocycles. The number of rotatable bonds is 7. The third-order valence-electron chi connectivity index (χ3n) is 7.96. The van der Waals surface area contributed by atoms with E-state index in [9.17, 15) is 19.2 Å². The number of carbonyl (C=O) groups excluding carboxylic acids is 4. The number of nitrogens with zero attached hydrogens (tertiary/aromatic N) is 2. The highest BCUT2D eigenvalue weighted by Crippen LogP contribution is 2.38. The molecule has 4 aromatic rings. The number of carbonyl (C=O) groups is 4. The van der Waals surface area contributed by atoms with Crippen LogP contribution in [0.1, 0.15) is 39.1 Å². The first-order valence-corrected chi connectivity index (χ1v) is 14.6. The summed E-state index contributed by atoms with van der Waals surface area (Å²) in [7, 11) is 1.54. The Morgan fingerprint density at radius 2 is 1.58 bits per heavy atom. The van der Waals surface area contributed by atoms with Crippen LogP contribution in [0.4, 0.5) is 5.69 Å². The van der Waals surface area contributed by atoms with Crippen molar-refractivity contribution in [1.82, 2.24) is 4.98 Å². The Kier molecular flexibility index (Phi) is 7.66. The second kappa shape index (κ2) is 11.6. The van der Waals surface area contributed by atoms with Gasteiger partial charge in [-0.1, -0.05) is 40.2 Å². The number of halogens is 1. The smallest absolute Gasteiger partial charge is 0.339 e. The number of esters is 1. The van der Waals surface area contributed by atoms with Crippen LogP contribution in [0.25, 0.3) is 22.2 Å². The summed E-state index contributed by atoms with van der Waals surface area (Å²) in [6.07, 6.45) is 5.07. The quantitative estimate of drug-likeness (QED) is 0.0988. The number of benzene rings is 3. The van der Waals surface area contributed by atoms with Gasteiger partial charge in [0, 0.05) is 21.0 Å². The summed E-state index contributed by atoms with van der Waals surface area (Å²) in [4.78, 5) is 58.3. The highest BCUT2D eigenvalue weighted by Gasteiger charge is 2.47. The molecule has 3 aromatic carbocycles. The number of ketones is 1. The van der Waals surface area contributed by atoms with E-state index in [0.29, 0.717) is 52.0 Å². The number of ether oxygens (including phenoxy) is 2. The topological polar surface area (TPSA) is 103 Å². The first-order valence-electron chi connectivity index (χ1n) is 13.8. The van der Waals surface area contributed by atoms with Crippen molar-refractivity contribution in [3.05, 3.63) is 100 Å². The number of methoxy groups -OCH3 is 1. The fourth-order valence-corrected chi connectivity index (χ4v) is 6.25. The van der Waals surface area contributed by atoms with Gasteiger partial charge in [0.05, 0.1) is 41.4 Å². The van der Waals surface area contributed by atoms with Gasteiger partial charge in [-0.2, -0.15) is 0 Å². The average Bonchev–Trinajstić information content (AvgIpc) is 3.28. The van der Waals surface area contributed by atoms with Crippen LogP contribution >= 0.6 is 15.9 Å². The van der Waals surface area contributed by atoms with Crippen molar-refractivity contribution in [1.29, 1.82) is 0 Å². The lowest BCUT2D eigenvalue weighted by Gasteiger charge is -2.16. The van der Waals surface area contributed by atoms with Crippen molar-refractivity contribution >= 4 is 56.1 Å². The summed E-state index contributed by atoms with van der Waals surface area (Å²) in [5.41, 5.74) is 3.82. The molecule has 2 heterocycles. The molecule has 0 N–H and O–H groups in total. The van der Waals surface area contributed by atoms with Gasteiger partial charge < -0.3 is 9.47 Å². The van der Waals surface area contributed by atoms with Crippen LogP contribution in [0.5, 0.6) is 5.75 Å². The predicted octanol–water partition coefficient (Wildman–Crippen LogP) is 6.48. The van der Waals surface area contributed by atoms with Gasteiger partial charge >= 0.3 is 5.97 Å². The van der Waals surface area contributed by atoms with Gasteiger partial charge in [-0.05, 0) is 79.9 Å². The monoisotopic (exact) mass is 638 g/mol. The molecule has 2 aliphatic rings. The molecule has 1 aliphatic carbocycles. The fourth-order valence-electron chi connectivity index (χ4n) is 5.68. The van der Waals surface area contributed by atoms with Gasteiger partial charge in [-0.25, -0.2) is 9.78 Å². The van der Waals surface area contributed by atoms with Crippen molar-refractivity contribution in [3.63, 3.8) is 0 Å². The van der Waals surface area contributed by atoms with Crippen molar-refractivity contribution in [2.24, 2.45) is 11.8 Å². The molecule has 1 aromatic heterocycles. The van der Waals surface area contributed by atoms with Gasteiger partial charge in [0.15, 0.2) is 12.4 Å². The molecule has 0 saturated carbocycles. The minimum absolute atomic E-state index is 0.175. The van der Waals surface area contributed by atoms with Crippen LogP contribution in [-0.4, -0.2) is 42.3 Å². The number of allylic oxidation sites excluding steroid dienone is 2. The number of aromatic nitrogens is 1. The lowest BCUT2D eigenvalue weighted by atomic mass is 9.85. The summed E-state index contributed by atoms with van der Waals surface area (Å²) in [5.74, 6) is -1.36. The number of pyridine rings is 1. The van der Waals surface area contributed by atoms with Crippen molar-refractivity contribution in [2.75, 3.05) is 18.6 Å². The van der Waals surface area contributed by atoms with Gasteiger partial charge in [-0.15, -0.1) is 0 Å². The Balaban J connectivity index is 1.29. The first kappa shape index (κ1) is 28.5. The van der Waals surface area contributed by atoms with E-state index in [2.05, 4.69) is 15.9 Å². The standard InChI is InChI=1S/C34H27BrN2O6/c1-19-15-22(35)16-27-28(34(41)43-18-30(38)21-9-13-24(42-2)14-10-21)17-29(36-31(19)27)20-7-11-23(12-8-20)37-32(39)25-5-3-4-6-26(25)33(37)40/h3-4,7-17,25-26H,5-6,18H2,1-2H3. The number of hydrogen-bond acceptors (Lipinski definition) is 7. The van der Waals surface area contributed by atoms with E-state index >= 15 is 0 Å². The maximum atomic E-state index is 13.4. The molecule has 0 bridgehead atoms. The number of anilines is 1. The number of fused-ring (bicyclic) bond motifs is 2. The van der Waals surface area contributed by atoms with E-state index in [1.807, 2.05) is 25.1 Å². The maximum absolute atomic E-state index is 13.4. The zero-order valence-corrected chi connectivity index (χ0v) is 25.1. The molecule has 216 valence electrons. The predicted molar refractivity (Wildman–Crippen MR) is 165 cm³/mol.